The zero-order valence-electron chi connectivity index (χ0n) is 20.1. The lowest BCUT2D eigenvalue weighted by Gasteiger charge is -2.25. The van der Waals surface area contributed by atoms with E-state index in [0.29, 0.717) is 12.0 Å². The van der Waals surface area contributed by atoms with Gasteiger partial charge >= 0.3 is 0 Å². The topological polar surface area (TPSA) is 78.5 Å². The number of fused-ring (bicyclic) bond motifs is 3. The van der Waals surface area contributed by atoms with Gasteiger partial charge in [-0.1, -0.05) is 55.8 Å². The molecule has 186 valence electrons. The molecule has 4 rings (SSSR count). The second-order valence-electron chi connectivity index (χ2n) is 8.78. The maximum atomic E-state index is 13.5. The number of nitrogens with one attached hydrogen (secondary N) is 2. The summed E-state index contributed by atoms with van der Waals surface area (Å²) in [7, 11) is 1.65. The molecule has 0 fully saturated rings. The van der Waals surface area contributed by atoms with E-state index in [-0.39, 0.29) is 24.4 Å². The second kappa shape index (κ2) is 10.7. The van der Waals surface area contributed by atoms with Crippen LogP contribution in [0.5, 0.6) is 0 Å². The summed E-state index contributed by atoms with van der Waals surface area (Å²) in [5.74, 6) is -4.08. The summed E-state index contributed by atoms with van der Waals surface area (Å²) in [6.45, 7) is 1.70. The number of anilines is 1. The van der Waals surface area contributed by atoms with Crippen LogP contribution in [0.15, 0.2) is 66.7 Å². The van der Waals surface area contributed by atoms with Crippen molar-refractivity contribution in [2.24, 2.45) is 5.92 Å². The van der Waals surface area contributed by atoms with Crippen LogP contribution in [0.25, 0.3) is 11.1 Å². The molecule has 8 heteroatoms. The number of halogens is 2. The largest absolute Gasteiger partial charge is 0.351 e. The Hall–Kier alpha value is -4.07. The molecule has 6 nitrogen and oxygen atoms in total. The highest BCUT2D eigenvalue weighted by molar-refractivity contribution is 6.07. The summed E-state index contributed by atoms with van der Waals surface area (Å²) >= 11 is 0. The molecular formula is C28H27F2N3O3. The fraction of sp³-hybridized carbons (Fsp3) is 0.250. The molecule has 0 aliphatic carbocycles. The first-order valence-corrected chi connectivity index (χ1v) is 11.8. The number of benzene rings is 3. The number of para-hydroxylation sites is 1. The fourth-order valence-electron chi connectivity index (χ4n) is 4.51. The lowest BCUT2D eigenvalue weighted by atomic mass is 9.94. The Labute approximate surface area is 208 Å². The number of hydrogen-bond donors (Lipinski definition) is 2. The maximum Gasteiger partial charge on any atom is 0.253 e. The predicted octanol–water partition coefficient (Wildman–Crippen LogP) is 4.50. The molecule has 3 aromatic rings. The average molecular weight is 492 g/mol. The van der Waals surface area contributed by atoms with Crippen molar-refractivity contribution in [3.63, 3.8) is 0 Å². The highest BCUT2D eigenvalue weighted by Gasteiger charge is 2.36. The molecule has 3 aromatic carbocycles. The molecule has 0 aromatic heterocycles. The molecular weight excluding hydrogens is 464 g/mol. The lowest BCUT2D eigenvalue weighted by Crippen LogP contribution is -2.46. The van der Waals surface area contributed by atoms with Gasteiger partial charge < -0.3 is 15.5 Å². The molecule has 0 spiro atoms. The zero-order chi connectivity index (χ0) is 25.8. The van der Waals surface area contributed by atoms with Crippen molar-refractivity contribution in [1.29, 1.82) is 0 Å². The van der Waals surface area contributed by atoms with E-state index >= 15 is 0 Å². The molecule has 36 heavy (non-hydrogen) atoms. The molecule has 1 aliphatic heterocycles. The van der Waals surface area contributed by atoms with Gasteiger partial charge in [0, 0.05) is 25.2 Å². The highest BCUT2D eigenvalue weighted by Crippen LogP contribution is 2.39. The Balaban J connectivity index is 1.57. The molecule has 2 N–H and O–H groups in total. The van der Waals surface area contributed by atoms with Gasteiger partial charge in [0.25, 0.3) is 5.91 Å². The minimum Gasteiger partial charge on any atom is -0.351 e. The van der Waals surface area contributed by atoms with Crippen molar-refractivity contribution in [1.82, 2.24) is 10.6 Å². The van der Waals surface area contributed by atoms with E-state index in [2.05, 4.69) is 10.6 Å². The second-order valence-corrected chi connectivity index (χ2v) is 8.78. The normalized spacial score (nSPS) is 15.4. The van der Waals surface area contributed by atoms with Crippen LogP contribution in [-0.2, 0) is 20.9 Å². The third-order valence-corrected chi connectivity index (χ3v) is 6.29. The smallest absolute Gasteiger partial charge is 0.253 e. The van der Waals surface area contributed by atoms with Crippen molar-refractivity contribution in [3.8, 4) is 11.1 Å². The maximum absolute atomic E-state index is 13.5. The van der Waals surface area contributed by atoms with Gasteiger partial charge in [-0.15, -0.1) is 0 Å². The van der Waals surface area contributed by atoms with Crippen LogP contribution in [0.3, 0.4) is 0 Å². The van der Waals surface area contributed by atoms with E-state index < -0.39 is 35.4 Å². The van der Waals surface area contributed by atoms with E-state index in [1.165, 1.54) is 4.90 Å². The Morgan fingerprint density at radius 2 is 1.58 bits per heavy atom. The monoisotopic (exact) mass is 491 g/mol. The van der Waals surface area contributed by atoms with Gasteiger partial charge in [-0.2, -0.15) is 0 Å². The average Bonchev–Trinajstić information content (AvgIpc) is 2.95. The van der Waals surface area contributed by atoms with Crippen LogP contribution in [0.2, 0.25) is 0 Å². The van der Waals surface area contributed by atoms with Crippen molar-refractivity contribution in [3.05, 3.63) is 89.5 Å². The fourth-order valence-corrected chi connectivity index (χ4v) is 4.51. The Morgan fingerprint density at radius 1 is 0.944 bits per heavy atom. The highest BCUT2D eigenvalue weighted by atomic mass is 19.1. The van der Waals surface area contributed by atoms with Gasteiger partial charge in [0.1, 0.15) is 23.6 Å². The minimum atomic E-state index is -1.08. The first kappa shape index (κ1) is 25.0. The van der Waals surface area contributed by atoms with Crippen molar-refractivity contribution in [2.75, 3.05) is 11.9 Å². The molecule has 1 heterocycles. The van der Waals surface area contributed by atoms with Gasteiger partial charge in [0.2, 0.25) is 11.8 Å². The number of nitrogens with zero attached hydrogens (tertiary/aromatic N) is 1. The molecule has 2 atom stereocenters. The Morgan fingerprint density at radius 3 is 2.28 bits per heavy atom. The standard InChI is InChI=1S/C28H27F2N3O3/c1-3-8-23(26(34)31-16-17-13-18(29)15-19(30)14-17)27(35)32-25-22-11-5-4-9-20(22)21-10-6-7-12-24(21)33(2)28(25)36/h4-7,9-15,23,25H,3,8,16H2,1-2H3,(H,31,34)(H,32,35). The van der Waals surface area contributed by atoms with Crippen molar-refractivity contribution < 1.29 is 23.2 Å². The van der Waals surface area contributed by atoms with E-state index in [4.69, 9.17) is 0 Å². The van der Waals surface area contributed by atoms with Gasteiger partial charge in [0.05, 0.1) is 5.69 Å². The lowest BCUT2D eigenvalue weighted by molar-refractivity contribution is -0.137. The first-order valence-electron chi connectivity index (χ1n) is 11.8. The molecule has 3 amide bonds. The van der Waals surface area contributed by atoms with Crippen molar-refractivity contribution in [2.45, 2.75) is 32.4 Å². The molecule has 0 saturated heterocycles. The summed E-state index contributed by atoms with van der Waals surface area (Å²) < 4.78 is 27.0. The summed E-state index contributed by atoms with van der Waals surface area (Å²) in [6, 6.07) is 16.8. The number of carbonyl (C=O) groups excluding carboxylic acids is 3. The van der Waals surface area contributed by atoms with Gasteiger partial charge in [-0.05, 0) is 41.3 Å². The van der Waals surface area contributed by atoms with E-state index in [1.807, 2.05) is 43.3 Å². The summed E-state index contributed by atoms with van der Waals surface area (Å²) in [5.41, 5.74) is 3.28. The van der Waals surface area contributed by atoms with Crippen LogP contribution >= 0.6 is 0 Å². The van der Waals surface area contributed by atoms with Crippen LogP contribution in [0, 0.1) is 17.6 Å². The molecule has 0 saturated carbocycles. The van der Waals surface area contributed by atoms with Gasteiger partial charge in [0.15, 0.2) is 0 Å². The third-order valence-electron chi connectivity index (χ3n) is 6.29. The summed E-state index contributed by atoms with van der Waals surface area (Å²) in [5, 5.41) is 5.39. The number of hydrogen-bond acceptors (Lipinski definition) is 3. The van der Waals surface area contributed by atoms with Gasteiger partial charge in [-0.3, -0.25) is 14.4 Å². The molecule has 2 unspecified atom stereocenters. The number of rotatable bonds is 7. The minimum absolute atomic E-state index is 0.135. The van der Waals surface area contributed by atoms with E-state index in [9.17, 15) is 23.2 Å². The number of amides is 3. The van der Waals surface area contributed by atoms with Crippen LogP contribution in [0.4, 0.5) is 14.5 Å². The third kappa shape index (κ3) is 5.12. The summed E-state index contributed by atoms with van der Waals surface area (Å²) in [4.78, 5) is 41.3. The van der Waals surface area contributed by atoms with E-state index in [0.717, 1.165) is 35.0 Å². The van der Waals surface area contributed by atoms with Gasteiger partial charge in [-0.25, -0.2) is 8.78 Å². The summed E-state index contributed by atoms with van der Waals surface area (Å²) in [6.07, 6.45) is 0.786. The first-order chi connectivity index (χ1) is 17.3. The molecule has 1 aliphatic rings. The molecule has 0 bridgehead atoms. The molecule has 0 radical (unpaired) electrons. The zero-order valence-corrected chi connectivity index (χ0v) is 20.1. The number of carbonyl (C=O) groups is 3. The van der Waals surface area contributed by atoms with Crippen molar-refractivity contribution >= 4 is 23.4 Å². The SMILES string of the molecule is CCCC(C(=O)NCc1cc(F)cc(F)c1)C(=O)NC1C(=O)N(C)c2ccccc2-c2ccccc21. The van der Waals surface area contributed by atoms with E-state index in [1.54, 1.807) is 19.2 Å². The van der Waals surface area contributed by atoms with Crippen LogP contribution < -0.4 is 15.5 Å². The quantitative estimate of drug-likeness (QED) is 0.478. The number of likely N-dealkylation sites (N-methyl/N-ethyl adjacent to an activating group) is 1. The van der Waals surface area contributed by atoms with Crippen LogP contribution in [-0.4, -0.2) is 24.8 Å². The Kier molecular flexibility index (Phi) is 7.43. The Bertz CT molecular complexity index is 1290. The van der Waals surface area contributed by atoms with Crippen LogP contribution in [0.1, 0.15) is 36.9 Å². The predicted molar refractivity (Wildman–Crippen MR) is 133 cm³/mol.